The fourth-order valence-corrected chi connectivity index (χ4v) is 1.84. The van der Waals surface area contributed by atoms with Gasteiger partial charge in [-0.25, -0.2) is 4.39 Å². The Kier molecular flexibility index (Phi) is 2.16. The molecule has 0 aliphatic heterocycles. The summed E-state index contributed by atoms with van der Waals surface area (Å²) < 4.78 is 18.0. The Bertz CT molecular complexity index is 380. The molecule has 1 unspecified atom stereocenters. The molecule has 0 saturated heterocycles. The van der Waals surface area contributed by atoms with E-state index in [1.165, 1.54) is 23.7 Å². The molecule has 0 amide bonds. The number of thiophene rings is 1. The van der Waals surface area contributed by atoms with Gasteiger partial charge in [0.1, 0.15) is 17.7 Å². The van der Waals surface area contributed by atoms with E-state index in [1.54, 1.807) is 17.5 Å². The van der Waals surface area contributed by atoms with Crippen molar-refractivity contribution in [2.75, 3.05) is 0 Å². The minimum absolute atomic E-state index is 0.287. The quantitative estimate of drug-likeness (QED) is 0.804. The maximum Gasteiger partial charge on any atom is 0.149 e. The van der Waals surface area contributed by atoms with Crippen LogP contribution in [0.2, 0.25) is 0 Å². The molecule has 2 nitrogen and oxygen atoms in total. The molecule has 0 spiro atoms. The third-order valence-electron chi connectivity index (χ3n) is 1.71. The van der Waals surface area contributed by atoms with Crippen molar-refractivity contribution in [2.45, 2.75) is 6.10 Å². The smallest absolute Gasteiger partial charge is 0.149 e. The molecule has 2 heterocycles. The van der Waals surface area contributed by atoms with E-state index in [0.29, 0.717) is 5.76 Å². The van der Waals surface area contributed by atoms with E-state index in [-0.39, 0.29) is 4.88 Å². The normalized spacial score (nSPS) is 13.1. The summed E-state index contributed by atoms with van der Waals surface area (Å²) in [5, 5.41) is 11.2. The third-order valence-corrected chi connectivity index (χ3v) is 2.65. The van der Waals surface area contributed by atoms with Crippen molar-refractivity contribution in [1.82, 2.24) is 0 Å². The number of aliphatic hydroxyl groups excluding tert-OH is 1. The second-order valence-corrected chi connectivity index (χ2v) is 3.50. The zero-order valence-corrected chi connectivity index (χ0v) is 7.42. The molecule has 0 fully saturated rings. The number of hydrogen-bond acceptors (Lipinski definition) is 3. The molecule has 0 saturated carbocycles. The van der Waals surface area contributed by atoms with Crippen molar-refractivity contribution in [3.63, 3.8) is 0 Å². The van der Waals surface area contributed by atoms with E-state index in [4.69, 9.17) is 4.42 Å². The second-order valence-electron chi connectivity index (χ2n) is 2.55. The summed E-state index contributed by atoms with van der Waals surface area (Å²) in [5.74, 6) is -0.0322. The van der Waals surface area contributed by atoms with Crippen LogP contribution in [0.1, 0.15) is 16.7 Å². The summed E-state index contributed by atoms with van der Waals surface area (Å²) in [6.45, 7) is 0. The van der Waals surface area contributed by atoms with Gasteiger partial charge in [-0.15, -0.1) is 11.3 Å². The van der Waals surface area contributed by atoms with Crippen molar-refractivity contribution in [2.24, 2.45) is 0 Å². The number of halogens is 1. The summed E-state index contributed by atoms with van der Waals surface area (Å²) in [7, 11) is 0. The van der Waals surface area contributed by atoms with E-state index < -0.39 is 11.9 Å². The molecule has 2 rings (SSSR count). The summed E-state index contributed by atoms with van der Waals surface area (Å²) in [6, 6.07) is 4.60. The van der Waals surface area contributed by atoms with Crippen LogP contribution in [0.15, 0.2) is 34.3 Å². The maximum atomic E-state index is 13.0. The molecular formula is C9H7FO2S. The minimum Gasteiger partial charge on any atom is -0.466 e. The van der Waals surface area contributed by atoms with Gasteiger partial charge in [-0.2, -0.15) is 0 Å². The summed E-state index contributed by atoms with van der Waals surface area (Å²) in [4.78, 5) is 0.287. The topological polar surface area (TPSA) is 33.4 Å². The monoisotopic (exact) mass is 198 g/mol. The highest BCUT2D eigenvalue weighted by Crippen LogP contribution is 2.28. The minimum atomic E-state index is -0.991. The van der Waals surface area contributed by atoms with Gasteiger partial charge >= 0.3 is 0 Å². The Balaban J connectivity index is 2.33. The molecular weight excluding hydrogens is 191 g/mol. The van der Waals surface area contributed by atoms with E-state index in [2.05, 4.69) is 0 Å². The van der Waals surface area contributed by atoms with Gasteiger partial charge in [-0.1, -0.05) is 0 Å². The molecule has 0 aliphatic carbocycles. The highest BCUT2D eigenvalue weighted by Gasteiger charge is 2.18. The highest BCUT2D eigenvalue weighted by atomic mass is 32.1. The molecule has 0 aromatic carbocycles. The van der Waals surface area contributed by atoms with Crippen LogP contribution in [0.5, 0.6) is 0 Å². The lowest BCUT2D eigenvalue weighted by Gasteiger charge is -2.04. The van der Waals surface area contributed by atoms with Crippen LogP contribution in [0, 0.1) is 5.82 Å². The number of hydrogen-bond donors (Lipinski definition) is 1. The number of rotatable bonds is 2. The predicted molar refractivity (Wildman–Crippen MR) is 47.0 cm³/mol. The van der Waals surface area contributed by atoms with Crippen molar-refractivity contribution >= 4 is 11.3 Å². The zero-order valence-electron chi connectivity index (χ0n) is 6.61. The molecule has 2 aromatic heterocycles. The highest BCUT2D eigenvalue weighted by molar-refractivity contribution is 7.10. The SMILES string of the molecule is OC(c1ccco1)c1sccc1F. The van der Waals surface area contributed by atoms with Gasteiger partial charge in [0.05, 0.1) is 11.1 Å². The molecule has 0 aliphatic rings. The summed E-state index contributed by atoms with van der Waals surface area (Å²) >= 11 is 1.17. The predicted octanol–water partition coefficient (Wildman–Crippen LogP) is 2.56. The Morgan fingerprint density at radius 2 is 2.31 bits per heavy atom. The Morgan fingerprint density at radius 1 is 1.46 bits per heavy atom. The van der Waals surface area contributed by atoms with Crippen molar-refractivity contribution in [1.29, 1.82) is 0 Å². The molecule has 68 valence electrons. The average molecular weight is 198 g/mol. The summed E-state index contributed by atoms with van der Waals surface area (Å²) in [6.07, 6.45) is 0.458. The fourth-order valence-electron chi connectivity index (χ4n) is 1.08. The maximum absolute atomic E-state index is 13.0. The Labute approximate surface area is 78.2 Å². The van der Waals surface area contributed by atoms with Crippen LogP contribution in [-0.4, -0.2) is 5.11 Å². The van der Waals surface area contributed by atoms with Crippen LogP contribution in [0.3, 0.4) is 0 Å². The van der Waals surface area contributed by atoms with Crippen LogP contribution in [-0.2, 0) is 0 Å². The van der Waals surface area contributed by atoms with Crippen molar-refractivity contribution in [3.05, 3.63) is 46.3 Å². The van der Waals surface area contributed by atoms with Gasteiger partial charge in [0.15, 0.2) is 0 Å². The van der Waals surface area contributed by atoms with Crippen LogP contribution in [0.4, 0.5) is 4.39 Å². The van der Waals surface area contributed by atoms with Crippen LogP contribution < -0.4 is 0 Å². The number of furan rings is 1. The molecule has 1 atom stereocenters. The lowest BCUT2D eigenvalue weighted by molar-refractivity contribution is 0.189. The Morgan fingerprint density at radius 3 is 2.85 bits per heavy atom. The van der Waals surface area contributed by atoms with Gasteiger partial charge in [0, 0.05) is 0 Å². The molecule has 4 heteroatoms. The van der Waals surface area contributed by atoms with Gasteiger partial charge in [0.2, 0.25) is 0 Å². The largest absolute Gasteiger partial charge is 0.466 e. The third kappa shape index (κ3) is 1.50. The first-order chi connectivity index (χ1) is 6.29. The van der Waals surface area contributed by atoms with Crippen LogP contribution >= 0.6 is 11.3 Å². The second kappa shape index (κ2) is 3.32. The first-order valence-electron chi connectivity index (χ1n) is 3.73. The first-order valence-corrected chi connectivity index (χ1v) is 4.61. The van der Waals surface area contributed by atoms with Crippen molar-refractivity contribution in [3.8, 4) is 0 Å². The lowest BCUT2D eigenvalue weighted by Crippen LogP contribution is -1.96. The fraction of sp³-hybridized carbons (Fsp3) is 0.111. The summed E-state index contributed by atoms with van der Waals surface area (Å²) in [5.41, 5.74) is 0. The van der Waals surface area contributed by atoms with Gasteiger partial charge in [-0.3, -0.25) is 0 Å². The molecule has 1 N–H and O–H groups in total. The standard InChI is InChI=1S/C9H7FO2S/c10-6-3-5-13-9(6)8(11)7-2-1-4-12-7/h1-5,8,11H. The van der Waals surface area contributed by atoms with E-state index >= 15 is 0 Å². The molecule has 0 bridgehead atoms. The molecule has 13 heavy (non-hydrogen) atoms. The molecule has 2 aromatic rings. The average Bonchev–Trinajstić information content (AvgIpc) is 2.72. The van der Waals surface area contributed by atoms with Gasteiger partial charge in [0.25, 0.3) is 0 Å². The van der Waals surface area contributed by atoms with E-state index in [9.17, 15) is 9.50 Å². The van der Waals surface area contributed by atoms with Crippen LogP contribution in [0.25, 0.3) is 0 Å². The van der Waals surface area contributed by atoms with E-state index in [1.807, 2.05) is 0 Å². The Hall–Kier alpha value is -1.13. The van der Waals surface area contributed by atoms with Gasteiger partial charge < -0.3 is 9.52 Å². The molecule has 0 radical (unpaired) electrons. The zero-order chi connectivity index (χ0) is 9.26. The van der Waals surface area contributed by atoms with Crippen molar-refractivity contribution < 1.29 is 13.9 Å². The van der Waals surface area contributed by atoms with E-state index in [0.717, 1.165) is 0 Å². The number of aliphatic hydroxyl groups is 1. The first kappa shape index (κ1) is 8.47. The van der Waals surface area contributed by atoms with Gasteiger partial charge in [-0.05, 0) is 23.6 Å². The lowest BCUT2D eigenvalue weighted by atomic mass is 10.2.